The third-order valence-corrected chi connectivity index (χ3v) is 13.8. The fourth-order valence-electron chi connectivity index (χ4n) is 7.05. The van der Waals surface area contributed by atoms with Gasteiger partial charge in [0, 0.05) is 0 Å². The van der Waals surface area contributed by atoms with Crippen molar-refractivity contribution in [1.29, 1.82) is 0 Å². The average Bonchev–Trinajstić information content (AvgIpc) is 3.10. The second kappa shape index (κ2) is 22.8. The fraction of sp³-hybridized carbons (Fsp3) is 0.900. The van der Waals surface area contributed by atoms with Gasteiger partial charge in [-0.3, -0.25) is 19.2 Å². The van der Waals surface area contributed by atoms with Gasteiger partial charge < -0.3 is 17.7 Å². The number of carbonyl (C=O) groups is 4. The van der Waals surface area contributed by atoms with Crippen molar-refractivity contribution in [3.8, 4) is 0 Å². The van der Waals surface area contributed by atoms with Crippen molar-refractivity contribution in [3.05, 3.63) is 0 Å². The maximum Gasteiger partial charge on any atom is 0.974 e. The van der Waals surface area contributed by atoms with E-state index in [4.69, 9.17) is 17.7 Å². The molecule has 0 N–H and O–H groups in total. The standard InChI is InChI=1S/C40H76O8Si/c1-13-25-29-37(17-5,18-6)33(41)45-49(46-34(42)38(19-7,20-8)30-26-14-2,47-35(43)39(21-9,22-10)31-27-15-3)48-36(44)40(23-11,24-12)32-28-16-4/h13-32H2,1-12H3. The Morgan fingerprint density at radius 1 is 0.347 bits per heavy atom. The Bertz CT molecular complexity index is 819. The Labute approximate surface area is 302 Å². The van der Waals surface area contributed by atoms with E-state index in [-0.39, 0.29) is 0 Å². The second-order valence-corrected chi connectivity index (χ2v) is 16.2. The Morgan fingerprint density at radius 2 is 0.510 bits per heavy atom. The number of carbonyl (C=O) groups excluding carboxylic acids is 4. The zero-order valence-electron chi connectivity index (χ0n) is 33.9. The summed E-state index contributed by atoms with van der Waals surface area (Å²) >= 11 is 0. The molecule has 8 nitrogen and oxygen atoms in total. The predicted octanol–water partition coefficient (Wildman–Crippen LogP) is 11.6. The van der Waals surface area contributed by atoms with Gasteiger partial charge in [-0.2, -0.15) is 0 Å². The van der Waals surface area contributed by atoms with Crippen LogP contribution in [0.1, 0.15) is 212 Å². The number of hydrogen-bond donors (Lipinski definition) is 0. The van der Waals surface area contributed by atoms with E-state index in [1.54, 1.807) is 0 Å². The predicted molar refractivity (Wildman–Crippen MR) is 200 cm³/mol. The Balaban J connectivity index is 7.80. The molecule has 0 atom stereocenters. The van der Waals surface area contributed by atoms with Gasteiger partial charge in [0.1, 0.15) is 0 Å². The first-order valence-corrected chi connectivity index (χ1v) is 21.8. The third kappa shape index (κ3) is 12.1. The zero-order chi connectivity index (χ0) is 37.8. The van der Waals surface area contributed by atoms with E-state index >= 15 is 0 Å². The molecule has 0 aromatic rings. The first-order chi connectivity index (χ1) is 23.2. The molecule has 0 aliphatic rings. The Hall–Kier alpha value is -1.90. The summed E-state index contributed by atoms with van der Waals surface area (Å²) in [4.78, 5) is 58.1. The molecule has 9 heteroatoms. The van der Waals surface area contributed by atoms with Crippen LogP contribution in [-0.4, -0.2) is 32.9 Å². The molecule has 0 spiro atoms. The molecule has 0 saturated heterocycles. The monoisotopic (exact) mass is 713 g/mol. The van der Waals surface area contributed by atoms with Crippen LogP contribution in [0.5, 0.6) is 0 Å². The molecule has 0 rings (SSSR count). The van der Waals surface area contributed by atoms with E-state index in [0.29, 0.717) is 77.0 Å². The smallest absolute Gasteiger partial charge is 0.422 e. The van der Waals surface area contributed by atoms with Crippen LogP contribution in [0.2, 0.25) is 0 Å². The van der Waals surface area contributed by atoms with Crippen LogP contribution in [0, 0.1) is 21.7 Å². The Kier molecular flexibility index (Phi) is 21.9. The van der Waals surface area contributed by atoms with Crippen molar-refractivity contribution in [2.45, 2.75) is 212 Å². The molecule has 0 aromatic carbocycles. The molecule has 0 fully saturated rings. The van der Waals surface area contributed by atoms with Crippen molar-refractivity contribution in [2.24, 2.45) is 21.7 Å². The maximum absolute atomic E-state index is 14.5. The number of rotatable bonds is 28. The highest BCUT2D eigenvalue weighted by atomic mass is 28.4. The molecule has 0 saturated carbocycles. The normalized spacial score (nSPS) is 12.8. The Morgan fingerprint density at radius 3 is 0.633 bits per heavy atom. The molecule has 0 unspecified atom stereocenters. The summed E-state index contributed by atoms with van der Waals surface area (Å²) in [5, 5.41) is 0. The van der Waals surface area contributed by atoms with Gasteiger partial charge in [-0.05, 0) is 77.0 Å². The van der Waals surface area contributed by atoms with Gasteiger partial charge in [0.2, 0.25) is 0 Å². The average molecular weight is 713 g/mol. The van der Waals surface area contributed by atoms with Crippen molar-refractivity contribution < 1.29 is 36.9 Å². The maximum atomic E-state index is 14.5. The molecule has 49 heavy (non-hydrogen) atoms. The van der Waals surface area contributed by atoms with Crippen molar-refractivity contribution in [2.75, 3.05) is 0 Å². The highest BCUT2D eigenvalue weighted by Gasteiger charge is 2.68. The highest BCUT2D eigenvalue weighted by molar-refractivity contribution is 6.61. The summed E-state index contributed by atoms with van der Waals surface area (Å²) in [6.45, 7) is 23.7. The number of hydrogen-bond acceptors (Lipinski definition) is 8. The van der Waals surface area contributed by atoms with Crippen LogP contribution < -0.4 is 0 Å². The van der Waals surface area contributed by atoms with Gasteiger partial charge in [0.05, 0.1) is 21.7 Å². The van der Waals surface area contributed by atoms with Crippen LogP contribution in [-0.2, 0) is 36.9 Å². The SMILES string of the molecule is CCCCC(CC)(CC)C(=O)O[Si](OC(=O)C(CC)(CC)CCCC)(OC(=O)C(CC)(CC)CCCC)OC(=O)C(CC)(CC)CCCC. The lowest BCUT2D eigenvalue weighted by molar-refractivity contribution is -0.179. The summed E-state index contributed by atoms with van der Waals surface area (Å²) < 4.78 is 25.3. The van der Waals surface area contributed by atoms with Crippen molar-refractivity contribution >= 4 is 32.9 Å². The third-order valence-electron chi connectivity index (χ3n) is 12.1. The van der Waals surface area contributed by atoms with Gasteiger partial charge >= 0.3 is 32.9 Å². The minimum Gasteiger partial charge on any atom is -0.422 e. The first kappa shape index (κ1) is 47.1. The molecule has 0 radical (unpaired) electrons. The molecule has 0 heterocycles. The molecule has 0 bridgehead atoms. The summed E-state index contributed by atoms with van der Waals surface area (Å²) in [5.41, 5.74) is -3.67. The molecule has 288 valence electrons. The lowest BCUT2D eigenvalue weighted by atomic mass is 9.78. The van der Waals surface area contributed by atoms with E-state index in [0.717, 1.165) is 51.4 Å². The van der Waals surface area contributed by atoms with Crippen LogP contribution in [0.3, 0.4) is 0 Å². The summed E-state index contributed by atoms with van der Waals surface area (Å²) in [5.74, 6) is -2.56. The van der Waals surface area contributed by atoms with E-state index < -0.39 is 54.6 Å². The number of unbranched alkanes of at least 4 members (excludes halogenated alkanes) is 4. The van der Waals surface area contributed by atoms with Crippen LogP contribution in [0.25, 0.3) is 0 Å². The van der Waals surface area contributed by atoms with Gasteiger partial charge in [-0.15, -0.1) is 0 Å². The lowest BCUT2D eigenvalue weighted by Gasteiger charge is -2.39. The van der Waals surface area contributed by atoms with Crippen LogP contribution >= 0.6 is 0 Å². The van der Waals surface area contributed by atoms with Crippen molar-refractivity contribution in [3.63, 3.8) is 0 Å². The van der Waals surface area contributed by atoms with Crippen LogP contribution in [0.15, 0.2) is 0 Å². The topological polar surface area (TPSA) is 105 Å². The van der Waals surface area contributed by atoms with E-state index in [9.17, 15) is 19.2 Å². The largest absolute Gasteiger partial charge is 0.974 e. The minimum atomic E-state index is -5.17. The van der Waals surface area contributed by atoms with E-state index in [1.807, 2.05) is 55.4 Å². The van der Waals surface area contributed by atoms with Gasteiger partial charge in [0.15, 0.2) is 0 Å². The van der Waals surface area contributed by atoms with Crippen LogP contribution in [0.4, 0.5) is 0 Å². The summed E-state index contributed by atoms with van der Waals surface area (Å²) in [6.07, 6.45) is 12.6. The minimum absolute atomic E-state index is 0.474. The summed E-state index contributed by atoms with van der Waals surface area (Å²) in [7, 11) is -5.17. The van der Waals surface area contributed by atoms with Crippen molar-refractivity contribution in [1.82, 2.24) is 0 Å². The molecule has 0 aromatic heterocycles. The van der Waals surface area contributed by atoms with Gasteiger partial charge in [-0.25, -0.2) is 0 Å². The second-order valence-electron chi connectivity index (χ2n) is 14.4. The lowest BCUT2D eigenvalue weighted by Crippen LogP contribution is -2.60. The van der Waals surface area contributed by atoms with E-state index in [2.05, 4.69) is 27.7 Å². The van der Waals surface area contributed by atoms with Gasteiger partial charge in [-0.1, -0.05) is 134 Å². The van der Waals surface area contributed by atoms with E-state index in [1.165, 1.54) is 0 Å². The fourth-order valence-corrected chi connectivity index (χ4v) is 9.07. The molecular formula is C40H76O8Si. The zero-order valence-corrected chi connectivity index (χ0v) is 34.9. The molecule has 0 amide bonds. The summed E-state index contributed by atoms with van der Waals surface area (Å²) in [6, 6.07) is 0. The van der Waals surface area contributed by atoms with Gasteiger partial charge in [0.25, 0.3) is 0 Å². The highest BCUT2D eigenvalue weighted by Crippen LogP contribution is 2.42. The quantitative estimate of drug-likeness (QED) is 0.0738. The first-order valence-electron chi connectivity index (χ1n) is 20.2. The molecule has 0 aliphatic carbocycles. The molecular weight excluding hydrogens is 637 g/mol. The molecule has 0 aliphatic heterocycles.